The number of benzene rings is 2. The van der Waals surface area contributed by atoms with Crippen molar-refractivity contribution >= 4 is 16.8 Å². The van der Waals surface area contributed by atoms with Crippen LogP contribution in [0.5, 0.6) is 5.75 Å². The van der Waals surface area contributed by atoms with Crippen molar-refractivity contribution in [2.75, 3.05) is 13.7 Å². The van der Waals surface area contributed by atoms with E-state index >= 15 is 0 Å². The second kappa shape index (κ2) is 10.1. The van der Waals surface area contributed by atoms with Crippen LogP contribution in [0.3, 0.4) is 0 Å². The molecule has 8 heteroatoms. The largest absolute Gasteiger partial charge is 0.497 e. The van der Waals surface area contributed by atoms with Gasteiger partial charge in [0.15, 0.2) is 5.52 Å². The summed E-state index contributed by atoms with van der Waals surface area (Å²) in [5.41, 5.74) is 2.84. The summed E-state index contributed by atoms with van der Waals surface area (Å²) in [5.74, 6) is 0.723. The molecule has 33 heavy (non-hydrogen) atoms. The molecule has 0 radical (unpaired) electrons. The highest BCUT2D eigenvalue weighted by Gasteiger charge is 2.13. The van der Waals surface area contributed by atoms with E-state index in [1.165, 1.54) is 10.2 Å². The molecule has 170 valence electrons. The van der Waals surface area contributed by atoms with Crippen LogP contribution < -0.4 is 15.6 Å². The van der Waals surface area contributed by atoms with Gasteiger partial charge in [0.2, 0.25) is 5.91 Å². The number of ether oxygens (including phenoxy) is 1. The van der Waals surface area contributed by atoms with Crippen LogP contribution in [0.4, 0.5) is 0 Å². The van der Waals surface area contributed by atoms with Gasteiger partial charge < -0.3 is 10.1 Å². The summed E-state index contributed by atoms with van der Waals surface area (Å²) in [6.07, 6.45) is 3.46. The first-order valence-corrected chi connectivity index (χ1v) is 11.0. The summed E-state index contributed by atoms with van der Waals surface area (Å²) in [7, 11) is 1.61. The molecule has 0 aliphatic carbocycles. The standard InChI is InChI=1S/C25H27N5O3/c1-18-22-17-30(20-10-12-21(33-2)13-11-20)28-24(22)25(32)29(27-18)16-6-9-23(31)26-15-14-19-7-4-3-5-8-19/h3-5,7-8,10-13,17H,6,9,14-16H2,1-2H3,(H,26,31). The molecule has 0 aliphatic heterocycles. The van der Waals surface area contributed by atoms with Gasteiger partial charge in [0.25, 0.3) is 5.56 Å². The second-order valence-corrected chi connectivity index (χ2v) is 7.84. The minimum Gasteiger partial charge on any atom is -0.497 e. The zero-order chi connectivity index (χ0) is 23.2. The molecule has 1 N–H and O–H groups in total. The number of fused-ring (bicyclic) bond motifs is 1. The van der Waals surface area contributed by atoms with Gasteiger partial charge in [-0.15, -0.1) is 0 Å². The van der Waals surface area contributed by atoms with Gasteiger partial charge in [-0.3, -0.25) is 9.59 Å². The third-order valence-electron chi connectivity index (χ3n) is 5.50. The number of hydrogen-bond acceptors (Lipinski definition) is 5. The zero-order valence-corrected chi connectivity index (χ0v) is 18.8. The summed E-state index contributed by atoms with van der Waals surface area (Å²) in [6, 6.07) is 17.5. The zero-order valence-electron chi connectivity index (χ0n) is 18.8. The molecule has 0 spiro atoms. The Bertz CT molecular complexity index is 1290. The number of aryl methyl sites for hydroxylation is 2. The van der Waals surface area contributed by atoms with E-state index in [0.29, 0.717) is 36.8 Å². The second-order valence-electron chi connectivity index (χ2n) is 7.84. The summed E-state index contributed by atoms with van der Waals surface area (Å²) in [4.78, 5) is 25.1. The van der Waals surface area contributed by atoms with Crippen LogP contribution in [0.25, 0.3) is 16.6 Å². The summed E-state index contributed by atoms with van der Waals surface area (Å²) in [5, 5.41) is 12.6. The van der Waals surface area contributed by atoms with Crippen LogP contribution in [0.1, 0.15) is 24.1 Å². The molecule has 2 aromatic carbocycles. The van der Waals surface area contributed by atoms with Crippen molar-refractivity contribution in [1.29, 1.82) is 0 Å². The SMILES string of the molecule is COc1ccc(-n2cc3c(C)nn(CCCC(=O)NCCc4ccccc4)c(=O)c3n2)cc1. The van der Waals surface area contributed by atoms with Crippen molar-refractivity contribution in [3.8, 4) is 11.4 Å². The predicted molar refractivity (Wildman–Crippen MR) is 127 cm³/mol. The van der Waals surface area contributed by atoms with Crippen molar-refractivity contribution < 1.29 is 9.53 Å². The quantitative estimate of drug-likeness (QED) is 0.428. The van der Waals surface area contributed by atoms with Crippen LogP contribution >= 0.6 is 0 Å². The number of carbonyl (C=O) groups excluding carboxylic acids is 1. The minimum atomic E-state index is -0.257. The predicted octanol–water partition coefficient (Wildman–Crippen LogP) is 3.04. The van der Waals surface area contributed by atoms with E-state index in [0.717, 1.165) is 23.6 Å². The van der Waals surface area contributed by atoms with Crippen LogP contribution in [0.2, 0.25) is 0 Å². The number of nitrogens with one attached hydrogen (secondary N) is 1. The Hall–Kier alpha value is -3.94. The molecule has 0 bridgehead atoms. The minimum absolute atomic E-state index is 0.0273. The number of methoxy groups -OCH3 is 1. The molecule has 0 saturated heterocycles. The molecule has 4 rings (SSSR count). The normalized spacial score (nSPS) is 11.0. The first kappa shape index (κ1) is 22.3. The third kappa shape index (κ3) is 5.28. The molecular formula is C25H27N5O3. The Balaban J connectivity index is 1.38. The lowest BCUT2D eigenvalue weighted by Crippen LogP contribution is -2.27. The lowest BCUT2D eigenvalue weighted by Gasteiger charge is -2.07. The highest BCUT2D eigenvalue weighted by molar-refractivity contribution is 5.79. The molecule has 4 aromatic rings. The van der Waals surface area contributed by atoms with E-state index in [9.17, 15) is 9.59 Å². The van der Waals surface area contributed by atoms with E-state index in [-0.39, 0.29) is 11.5 Å². The van der Waals surface area contributed by atoms with Gasteiger partial charge in [-0.2, -0.15) is 10.2 Å². The van der Waals surface area contributed by atoms with Gasteiger partial charge in [-0.1, -0.05) is 30.3 Å². The fourth-order valence-corrected chi connectivity index (χ4v) is 3.69. The summed E-state index contributed by atoms with van der Waals surface area (Å²) in [6.45, 7) is 2.81. The van der Waals surface area contributed by atoms with Gasteiger partial charge >= 0.3 is 0 Å². The number of carbonyl (C=O) groups is 1. The average Bonchev–Trinajstić information content (AvgIpc) is 3.29. The fourth-order valence-electron chi connectivity index (χ4n) is 3.69. The molecule has 1 amide bonds. The van der Waals surface area contributed by atoms with Gasteiger partial charge in [0.05, 0.1) is 18.5 Å². The number of aromatic nitrogens is 4. The smallest absolute Gasteiger partial charge is 0.295 e. The van der Waals surface area contributed by atoms with Crippen LogP contribution in [-0.4, -0.2) is 39.1 Å². The maximum atomic E-state index is 12.9. The van der Waals surface area contributed by atoms with Crippen molar-refractivity contribution in [3.63, 3.8) is 0 Å². The highest BCUT2D eigenvalue weighted by atomic mass is 16.5. The van der Waals surface area contributed by atoms with Crippen LogP contribution in [0.15, 0.2) is 65.6 Å². The number of nitrogens with zero attached hydrogens (tertiary/aromatic N) is 4. The highest BCUT2D eigenvalue weighted by Crippen LogP contribution is 2.18. The Morgan fingerprint density at radius 2 is 1.82 bits per heavy atom. The topological polar surface area (TPSA) is 91.0 Å². The van der Waals surface area contributed by atoms with Crippen LogP contribution in [0, 0.1) is 6.92 Å². The first-order chi connectivity index (χ1) is 16.0. The molecule has 0 atom stereocenters. The molecular weight excluding hydrogens is 418 g/mol. The first-order valence-electron chi connectivity index (χ1n) is 11.0. The Labute approximate surface area is 191 Å². The lowest BCUT2D eigenvalue weighted by molar-refractivity contribution is -0.121. The van der Waals surface area contributed by atoms with Crippen molar-refractivity contribution in [2.45, 2.75) is 32.7 Å². The maximum Gasteiger partial charge on any atom is 0.295 e. The van der Waals surface area contributed by atoms with Crippen molar-refractivity contribution in [3.05, 3.63) is 82.4 Å². The monoisotopic (exact) mass is 445 g/mol. The van der Waals surface area contributed by atoms with Crippen LogP contribution in [-0.2, 0) is 17.8 Å². The van der Waals surface area contributed by atoms with E-state index in [1.807, 2.05) is 67.7 Å². The number of amides is 1. The molecule has 0 unspecified atom stereocenters. The molecule has 8 nitrogen and oxygen atoms in total. The van der Waals surface area contributed by atoms with E-state index in [1.54, 1.807) is 11.8 Å². The van der Waals surface area contributed by atoms with Crippen molar-refractivity contribution in [1.82, 2.24) is 24.9 Å². The molecule has 0 aliphatic rings. The Kier molecular flexibility index (Phi) is 6.83. The van der Waals surface area contributed by atoms with Crippen molar-refractivity contribution in [2.24, 2.45) is 0 Å². The number of rotatable bonds is 9. The lowest BCUT2D eigenvalue weighted by atomic mass is 10.1. The summed E-state index contributed by atoms with van der Waals surface area (Å²) >= 11 is 0. The Morgan fingerprint density at radius 1 is 1.06 bits per heavy atom. The molecule has 0 saturated carbocycles. The summed E-state index contributed by atoms with van der Waals surface area (Å²) < 4.78 is 8.27. The van der Waals surface area contributed by atoms with Gasteiger partial charge in [-0.05, 0) is 49.6 Å². The fraction of sp³-hybridized carbons (Fsp3) is 0.280. The average molecular weight is 446 g/mol. The van der Waals surface area contributed by atoms with Gasteiger partial charge in [0, 0.05) is 31.1 Å². The van der Waals surface area contributed by atoms with Gasteiger partial charge in [-0.25, -0.2) is 9.36 Å². The Morgan fingerprint density at radius 3 is 2.55 bits per heavy atom. The van der Waals surface area contributed by atoms with Gasteiger partial charge in [0.1, 0.15) is 5.75 Å². The van der Waals surface area contributed by atoms with E-state index in [4.69, 9.17) is 4.74 Å². The molecule has 2 aromatic heterocycles. The number of hydrogen-bond donors (Lipinski definition) is 1. The molecule has 0 fully saturated rings. The van der Waals surface area contributed by atoms with E-state index in [2.05, 4.69) is 15.5 Å². The van der Waals surface area contributed by atoms with E-state index < -0.39 is 0 Å². The third-order valence-corrected chi connectivity index (χ3v) is 5.50. The maximum absolute atomic E-state index is 12.9. The molecule has 2 heterocycles.